The number of carbonyl (C=O) groups excluding carboxylic acids is 1. The molecule has 0 bridgehead atoms. The first-order valence-corrected chi connectivity index (χ1v) is 7.47. The van der Waals surface area contributed by atoms with E-state index in [1.165, 1.54) is 6.20 Å². The van der Waals surface area contributed by atoms with Crippen LogP contribution in [0.25, 0.3) is 0 Å². The van der Waals surface area contributed by atoms with E-state index < -0.39 is 11.0 Å². The largest absolute Gasteiger partial charge is 0.358 e. The van der Waals surface area contributed by atoms with Crippen LogP contribution in [0.5, 0.6) is 0 Å². The van der Waals surface area contributed by atoms with Crippen LogP contribution in [0.2, 0.25) is 0 Å². The Hall–Kier alpha value is -1.70. The Morgan fingerprint density at radius 3 is 2.57 bits per heavy atom. The van der Waals surface area contributed by atoms with Crippen molar-refractivity contribution in [3.8, 4) is 0 Å². The number of hydrogen-bond acceptors (Lipinski definition) is 5. The molecule has 1 atom stereocenters. The van der Waals surface area contributed by atoms with Crippen LogP contribution in [0.3, 0.4) is 0 Å². The lowest BCUT2D eigenvalue weighted by Crippen LogP contribution is -2.41. The van der Waals surface area contributed by atoms with Crippen molar-refractivity contribution >= 4 is 33.3 Å². The summed E-state index contributed by atoms with van der Waals surface area (Å²) in [6, 6.07) is -0.463. The van der Waals surface area contributed by atoms with Crippen molar-refractivity contribution in [2.75, 3.05) is 18.4 Å². The minimum atomic E-state index is -0.485. The molecule has 0 aliphatic carbocycles. The lowest BCUT2D eigenvalue weighted by atomic mass is 10.2. The summed E-state index contributed by atoms with van der Waals surface area (Å²) < 4.78 is 0.496. The van der Waals surface area contributed by atoms with Crippen LogP contribution < -0.4 is 5.32 Å². The SMILES string of the molecule is CCN(CC)C(=O)C(C)Nc1ncc([N+](=O)[O-])c(C)c1Br. The first kappa shape index (κ1) is 17.4. The number of hydrogen-bond donors (Lipinski definition) is 1. The van der Waals surface area contributed by atoms with Crippen LogP contribution in [0, 0.1) is 17.0 Å². The second-order valence-corrected chi connectivity index (χ2v) is 5.36. The fraction of sp³-hybridized carbons (Fsp3) is 0.538. The highest BCUT2D eigenvalue weighted by Crippen LogP contribution is 2.30. The number of nitrogens with zero attached hydrogens (tertiary/aromatic N) is 3. The van der Waals surface area contributed by atoms with Gasteiger partial charge in [-0.2, -0.15) is 0 Å². The number of carbonyl (C=O) groups is 1. The van der Waals surface area contributed by atoms with Gasteiger partial charge < -0.3 is 10.2 Å². The predicted molar refractivity (Wildman–Crippen MR) is 84.3 cm³/mol. The van der Waals surface area contributed by atoms with Crippen LogP contribution in [0.4, 0.5) is 11.5 Å². The number of amides is 1. The quantitative estimate of drug-likeness (QED) is 0.623. The summed E-state index contributed by atoms with van der Waals surface area (Å²) in [5.41, 5.74) is 0.412. The van der Waals surface area contributed by atoms with Crippen LogP contribution >= 0.6 is 15.9 Å². The molecule has 1 heterocycles. The number of anilines is 1. The lowest BCUT2D eigenvalue weighted by Gasteiger charge is -2.24. The Bertz CT molecular complexity index is 546. The van der Waals surface area contributed by atoms with E-state index in [1.807, 2.05) is 13.8 Å². The first-order chi connectivity index (χ1) is 9.83. The molecule has 1 unspecified atom stereocenters. The molecule has 7 nitrogen and oxygen atoms in total. The molecule has 1 aromatic heterocycles. The van der Waals surface area contributed by atoms with Gasteiger partial charge >= 0.3 is 0 Å². The number of rotatable bonds is 6. The van der Waals surface area contributed by atoms with Crippen molar-refractivity contribution in [1.29, 1.82) is 0 Å². The number of likely N-dealkylation sites (N-methyl/N-ethyl adjacent to an activating group) is 1. The maximum Gasteiger partial charge on any atom is 0.291 e. The molecule has 0 aromatic carbocycles. The second-order valence-electron chi connectivity index (χ2n) is 4.56. The van der Waals surface area contributed by atoms with Gasteiger partial charge in [-0.3, -0.25) is 14.9 Å². The number of nitrogens with one attached hydrogen (secondary N) is 1. The number of halogens is 1. The second kappa shape index (κ2) is 7.35. The van der Waals surface area contributed by atoms with Crippen LogP contribution in [0.15, 0.2) is 10.7 Å². The molecule has 0 aliphatic heterocycles. The van der Waals surface area contributed by atoms with E-state index in [0.717, 1.165) is 0 Å². The van der Waals surface area contributed by atoms with Crippen LogP contribution in [-0.4, -0.2) is 39.8 Å². The Morgan fingerprint density at radius 2 is 2.10 bits per heavy atom. The van der Waals surface area contributed by atoms with Gasteiger partial charge in [0.1, 0.15) is 18.1 Å². The van der Waals surface area contributed by atoms with Crippen molar-refractivity contribution in [3.05, 3.63) is 26.3 Å². The van der Waals surface area contributed by atoms with Gasteiger partial charge in [0.2, 0.25) is 5.91 Å². The van der Waals surface area contributed by atoms with E-state index in [4.69, 9.17) is 0 Å². The van der Waals surface area contributed by atoms with Crippen LogP contribution in [-0.2, 0) is 4.79 Å². The monoisotopic (exact) mass is 358 g/mol. The fourth-order valence-corrected chi connectivity index (χ4v) is 2.35. The summed E-state index contributed by atoms with van der Waals surface area (Å²) >= 11 is 3.29. The van der Waals surface area contributed by atoms with E-state index in [1.54, 1.807) is 18.7 Å². The van der Waals surface area contributed by atoms with Gasteiger partial charge in [-0.15, -0.1) is 0 Å². The summed E-state index contributed by atoms with van der Waals surface area (Å²) in [4.78, 5) is 28.3. The molecule has 0 aliphatic rings. The zero-order chi connectivity index (χ0) is 16.2. The third kappa shape index (κ3) is 3.90. The maximum atomic E-state index is 12.2. The molecule has 0 saturated heterocycles. The third-order valence-corrected chi connectivity index (χ3v) is 4.20. The molecule has 0 radical (unpaired) electrons. The van der Waals surface area contributed by atoms with E-state index >= 15 is 0 Å². The Labute approximate surface area is 132 Å². The fourth-order valence-electron chi connectivity index (χ4n) is 1.93. The highest BCUT2D eigenvalue weighted by molar-refractivity contribution is 9.10. The average molecular weight is 359 g/mol. The molecular formula is C13H19BrN4O3. The van der Waals surface area contributed by atoms with Crippen molar-refractivity contribution < 1.29 is 9.72 Å². The molecule has 21 heavy (non-hydrogen) atoms. The van der Waals surface area contributed by atoms with E-state index in [-0.39, 0.29) is 11.6 Å². The van der Waals surface area contributed by atoms with Gasteiger partial charge in [0.15, 0.2) is 0 Å². The van der Waals surface area contributed by atoms with Crippen molar-refractivity contribution in [2.45, 2.75) is 33.7 Å². The molecule has 1 aromatic rings. The molecule has 0 spiro atoms. The van der Waals surface area contributed by atoms with E-state index in [0.29, 0.717) is 28.9 Å². The Balaban J connectivity index is 2.96. The maximum absolute atomic E-state index is 12.2. The van der Waals surface area contributed by atoms with E-state index in [9.17, 15) is 14.9 Å². The summed E-state index contributed by atoms with van der Waals surface area (Å²) in [5, 5.41) is 13.8. The van der Waals surface area contributed by atoms with Crippen LogP contribution in [0.1, 0.15) is 26.3 Å². The van der Waals surface area contributed by atoms with E-state index in [2.05, 4.69) is 26.2 Å². The molecule has 0 saturated carbocycles. The topological polar surface area (TPSA) is 88.4 Å². The lowest BCUT2D eigenvalue weighted by molar-refractivity contribution is -0.385. The van der Waals surface area contributed by atoms with Gasteiger partial charge in [-0.1, -0.05) is 0 Å². The summed E-state index contributed by atoms with van der Waals surface area (Å²) in [6.07, 6.45) is 1.19. The van der Waals surface area contributed by atoms with Crippen molar-refractivity contribution in [1.82, 2.24) is 9.88 Å². The van der Waals surface area contributed by atoms with Gasteiger partial charge in [0.25, 0.3) is 5.69 Å². The Morgan fingerprint density at radius 1 is 1.52 bits per heavy atom. The zero-order valence-corrected chi connectivity index (χ0v) is 14.1. The van der Waals surface area contributed by atoms with Gasteiger partial charge in [-0.25, -0.2) is 4.98 Å². The summed E-state index contributed by atoms with van der Waals surface area (Å²) in [5.74, 6) is 0.385. The molecule has 1 N–H and O–H groups in total. The third-order valence-electron chi connectivity index (χ3n) is 3.23. The van der Waals surface area contributed by atoms with Gasteiger partial charge in [0, 0.05) is 18.7 Å². The average Bonchev–Trinajstić information content (AvgIpc) is 2.44. The summed E-state index contributed by atoms with van der Waals surface area (Å²) in [7, 11) is 0. The number of aromatic nitrogens is 1. The smallest absolute Gasteiger partial charge is 0.291 e. The van der Waals surface area contributed by atoms with Gasteiger partial charge in [0.05, 0.1) is 9.40 Å². The Kier molecular flexibility index (Phi) is 6.07. The normalized spacial score (nSPS) is 11.9. The molecule has 1 rings (SSSR count). The van der Waals surface area contributed by atoms with Crippen molar-refractivity contribution in [3.63, 3.8) is 0 Å². The minimum Gasteiger partial charge on any atom is -0.358 e. The predicted octanol–water partition coefficient (Wildman–Crippen LogP) is 2.73. The molecular weight excluding hydrogens is 340 g/mol. The number of nitro groups is 1. The molecule has 0 fully saturated rings. The molecule has 8 heteroatoms. The van der Waals surface area contributed by atoms with Gasteiger partial charge in [-0.05, 0) is 43.6 Å². The summed E-state index contributed by atoms with van der Waals surface area (Å²) in [6.45, 7) is 8.47. The molecule has 1 amide bonds. The minimum absolute atomic E-state index is 0.0373. The first-order valence-electron chi connectivity index (χ1n) is 6.68. The highest BCUT2D eigenvalue weighted by atomic mass is 79.9. The molecule has 116 valence electrons. The standard InChI is InChI=1S/C13H19BrN4O3/c1-5-17(6-2)13(19)9(4)16-12-11(14)8(3)10(7-15-12)18(20)21/h7,9H,5-6H2,1-4H3,(H,15,16). The van der Waals surface area contributed by atoms with Crippen molar-refractivity contribution in [2.24, 2.45) is 0 Å². The highest BCUT2D eigenvalue weighted by Gasteiger charge is 2.22. The zero-order valence-electron chi connectivity index (χ0n) is 12.5. The number of pyridine rings is 1.